The van der Waals surface area contributed by atoms with E-state index in [1.54, 1.807) is 18.3 Å². The van der Waals surface area contributed by atoms with Crippen LogP contribution in [0, 0.1) is 5.92 Å². The van der Waals surface area contributed by atoms with Gasteiger partial charge >= 0.3 is 5.97 Å². The monoisotopic (exact) mass is 275 g/mol. The van der Waals surface area contributed by atoms with Crippen LogP contribution in [0.5, 0.6) is 0 Å². The molecular formula is C15H21N3O2. The van der Waals surface area contributed by atoms with Gasteiger partial charge in [0.25, 0.3) is 0 Å². The maximum atomic E-state index is 12.0. The summed E-state index contributed by atoms with van der Waals surface area (Å²) in [6, 6.07) is 3.93. The number of fused-ring (bicyclic) bond motifs is 3. The zero-order valence-corrected chi connectivity index (χ0v) is 11.8. The summed E-state index contributed by atoms with van der Waals surface area (Å²) >= 11 is 0. The molecule has 0 radical (unpaired) electrons. The van der Waals surface area contributed by atoms with E-state index < -0.39 is 0 Å². The first-order valence-corrected chi connectivity index (χ1v) is 7.39. The van der Waals surface area contributed by atoms with Gasteiger partial charge in [-0.3, -0.25) is 0 Å². The molecule has 0 amide bonds. The van der Waals surface area contributed by atoms with Crippen molar-refractivity contribution in [3.63, 3.8) is 0 Å². The second-order valence-corrected chi connectivity index (χ2v) is 5.51. The molecule has 5 heteroatoms. The van der Waals surface area contributed by atoms with Crippen molar-refractivity contribution >= 4 is 11.8 Å². The molecule has 4 heterocycles. The molecule has 1 atom stereocenters. The van der Waals surface area contributed by atoms with Crippen LogP contribution < -0.4 is 5.32 Å². The third-order valence-electron chi connectivity index (χ3n) is 4.28. The number of pyridine rings is 1. The van der Waals surface area contributed by atoms with E-state index in [2.05, 4.69) is 15.2 Å². The number of ether oxygens (including phenoxy) is 1. The van der Waals surface area contributed by atoms with E-state index in [1.165, 1.54) is 25.9 Å². The molecule has 5 nitrogen and oxygen atoms in total. The van der Waals surface area contributed by atoms with Crippen molar-refractivity contribution in [2.45, 2.75) is 25.8 Å². The Morgan fingerprint density at radius 2 is 2.30 bits per heavy atom. The Morgan fingerprint density at radius 3 is 2.95 bits per heavy atom. The largest absolute Gasteiger partial charge is 0.462 e. The van der Waals surface area contributed by atoms with Gasteiger partial charge in [0.1, 0.15) is 11.4 Å². The molecule has 0 aromatic carbocycles. The molecular weight excluding hydrogens is 254 g/mol. The molecule has 3 saturated heterocycles. The molecule has 1 aromatic heterocycles. The van der Waals surface area contributed by atoms with Gasteiger partial charge in [-0.2, -0.15) is 0 Å². The van der Waals surface area contributed by atoms with Crippen LogP contribution in [-0.2, 0) is 4.74 Å². The van der Waals surface area contributed by atoms with Crippen molar-refractivity contribution in [3.05, 3.63) is 23.9 Å². The number of aromatic nitrogens is 1. The molecule has 1 aromatic rings. The van der Waals surface area contributed by atoms with Crippen molar-refractivity contribution in [1.29, 1.82) is 0 Å². The van der Waals surface area contributed by atoms with E-state index in [1.807, 2.05) is 6.92 Å². The minimum atomic E-state index is -0.302. The Morgan fingerprint density at radius 1 is 1.50 bits per heavy atom. The van der Waals surface area contributed by atoms with Gasteiger partial charge in [0.2, 0.25) is 0 Å². The van der Waals surface area contributed by atoms with Crippen LogP contribution in [0.2, 0.25) is 0 Å². The lowest BCUT2D eigenvalue weighted by Crippen LogP contribution is -2.53. The molecule has 0 saturated carbocycles. The van der Waals surface area contributed by atoms with Crippen molar-refractivity contribution in [1.82, 2.24) is 9.88 Å². The quantitative estimate of drug-likeness (QED) is 0.849. The number of nitrogens with zero attached hydrogens (tertiary/aromatic N) is 2. The summed E-state index contributed by atoms with van der Waals surface area (Å²) in [6.45, 7) is 5.65. The number of piperidine rings is 3. The molecule has 1 N–H and O–H groups in total. The first-order chi connectivity index (χ1) is 9.78. The first kappa shape index (κ1) is 13.4. The van der Waals surface area contributed by atoms with Gasteiger partial charge in [-0.05, 0) is 50.9 Å². The SMILES string of the molecule is CCOC(=O)c1cccnc1NC1CN2CCC1CC2. The fourth-order valence-electron chi connectivity index (χ4n) is 3.20. The smallest absolute Gasteiger partial charge is 0.341 e. The van der Waals surface area contributed by atoms with Crippen LogP contribution in [0.1, 0.15) is 30.1 Å². The van der Waals surface area contributed by atoms with Gasteiger partial charge in [-0.15, -0.1) is 0 Å². The first-order valence-electron chi connectivity index (χ1n) is 7.39. The van der Waals surface area contributed by atoms with E-state index in [0.717, 1.165) is 6.54 Å². The second-order valence-electron chi connectivity index (χ2n) is 5.51. The summed E-state index contributed by atoms with van der Waals surface area (Å²) in [7, 11) is 0. The summed E-state index contributed by atoms with van der Waals surface area (Å²) in [6.07, 6.45) is 4.19. The Labute approximate surface area is 119 Å². The molecule has 4 rings (SSSR count). The maximum absolute atomic E-state index is 12.0. The van der Waals surface area contributed by atoms with Crippen molar-refractivity contribution in [3.8, 4) is 0 Å². The van der Waals surface area contributed by atoms with Crippen molar-refractivity contribution in [2.24, 2.45) is 5.92 Å². The fourth-order valence-corrected chi connectivity index (χ4v) is 3.20. The lowest BCUT2D eigenvalue weighted by Gasteiger charge is -2.45. The van der Waals surface area contributed by atoms with Gasteiger partial charge < -0.3 is 15.0 Å². The molecule has 3 aliphatic rings. The minimum Gasteiger partial charge on any atom is -0.462 e. The highest BCUT2D eigenvalue weighted by molar-refractivity contribution is 5.94. The van der Waals surface area contributed by atoms with E-state index >= 15 is 0 Å². The average Bonchev–Trinajstić information content (AvgIpc) is 2.49. The standard InChI is InChI=1S/C15H21N3O2/c1-2-20-15(19)12-4-3-7-16-14(12)17-13-10-18-8-5-11(13)6-9-18/h3-4,7,11,13H,2,5-6,8-10H2,1H3,(H,16,17). The Hall–Kier alpha value is -1.62. The fraction of sp³-hybridized carbons (Fsp3) is 0.600. The number of hydrogen-bond acceptors (Lipinski definition) is 5. The van der Waals surface area contributed by atoms with E-state index in [0.29, 0.717) is 29.9 Å². The van der Waals surface area contributed by atoms with Crippen LogP contribution in [0.4, 0.5) is 5.82 Å². The number of carbonyl (C=O) groups is 1. The number of carbonyl (C=O) groups excluding carboxylic acids is 1. The summed E-state index contributed by atoms with van der Waals surface area (Å²) in [5.74, 6) is 1.05. The molecule has 0 spiro atoms. The zero-order valence-electron chi connectivity index (χ0n) is 11.8. The Balaban J connectivity index is 1.75. The minimum absolute atomic E-state index is 0.302. The van der Waals surface area contributed by atoms with E-state index in [9.17, 15) is 4.79 Å². The Bertz CT molecular complexity index is 484. The molecule has 1 unspecified atom stereocenters. The van der Waals surface area contributed by atoms with Crippen LogP contribution >= 0.6 is 0 Å². The summed E-state index contributed by atoms with van der Waals surface area (Å²) in [4.78, 5) is 18.8. The number of rotatable bonds is 4. The number of anilines is 1. The highest BCUT2D eigenvalue weighted by Gasteiger charge is 2.34. The molecule has 3 aliphatic heterocycles. The normalized spacial score (nSPS) is 28.1. The van der Waals surface area contributed by atoms with Crippen LogP contribution in [-0.4, -0.2) is 48.1 Å². The van der Waals surface area contributed by atoms with Gasteiger partial charge in [-0.1, -0.05) is 0 Å². The third-order valence-corrected chi connectivity index (χ3v) is 4.28. The molecule has 20 heavy (non-hydrogen) atoms. The average molecular weight is 275 g/mol. The van der Waals surface area contributed by atoms with Crippen LogP contribution in [0.15, 0.2) is 18.3 Å². The lowest BCUT2D eigenvalue weighted by molar-refractivity contribution is 0.0526. The summed E-state index contributed by atoms with van der Waals surface area (Å²) in [5.41, 5.74) is 0.533. The highest BCUT2D eigenvalue weighted by atomic mass is 16.5. The molecule has 3 fully saturated rings. The molecule has 0 aliphatic carbocycles. The van der Waals surface area contributed by atoms with Gasteiger partial charge in [0, 0.05) is 18.8 Å². The topological polar surface area (TPSA) is 54.5 Å². The maximum Gasteiger partial charge on any atom is 0.341 e. The lowest BCUT2D eigenvalue weighted by atomic mass is 9.84. The highest BCUT2D eigenvalue weighted by Crippen LogP contribution is 2.30. The van der Waals surface area contributed by atoms with Crippen molar-refractivity contribution in [2.75, 3.05) is 31.6 Å². The van der Waals surface area contributed by atoms with Crippen LogP contribution in [0.25, 0.3) is 0 Å². The van der Waals surface area contributed by atoms with E-state index in [-0.39, 0.29) is 5.97 Å². The number of hydrogen-bond donors (Lipinski definition) is 1. The second kappa shape index (κ2) is 5.79. The number of nitrogens with one attached hydrogen (secondary N) is 1. The van der Waals surface area contributed by atoms with Gasteiger partial charge in [0.15, 0.2) is 0 Å². The van der Waals surface area contributed by atoms with Crippen molar-refractivity contribution < 1.29 is 9.53 Å². The van der Waals surface area contributed by atoms with E-state index in [4.69, 9.17) is 4.74 Å². The zero-order chi connectivity index (χ0) is 13.9. The number of esters is 1. The van der Waals surface area contributed by atoms with Crippen LogP contribution in [0.3, 0.4) is 0 Å². The molecule has 2 bridgehead atoms. The molecule has 108 valence electrons. The Kier molecular flexibility index (Phi) is 3.87. The summed E-state index contributed by atoms with van der Waals surface area (Å²) in [5, 5.41) is 3.47. The summed E-state index contributed by atoms with van der Waals surface area (Å²) < 4.78 is 5.09. The predicted octanol–water partition coefficient (Wildman–Crippen LogP) is 1.76. The predicted molar refractivity (Wildman–Crippen MR) is 76.8 cm³/mol. The third kappa shape index (κ3) is 2.63. The van der Waals surface area contributed by atoms with Gasteiger partial charge in [-0.25, -0.2) is 9.78 Å². The van der Waals surface area contributed by atoms with Gasteiger partial charge in [0.05, 0.1) is 6.61 Å².